The smallest absolute Gasteiger partial charge is 0.0805 e. The lowest BCUT2D eigenvalue weighted by atomic mass is 9.60. The molecule has 0 saturated heterocycles. The fourth-order valence-electron chi connectivity index (χ4n) is 6.22. The molecular formula is C26H34Si. The van der Waals surface area contributed by atoms with Crippen LogP contribution in [0.25, 0.3) is 0 Å². The summed E-state index contributed by atoms with van der Waals surface area (Å²) in [4.78, 5) is 0. The quantitative estimate of drug-likeness (QED) is 0.504. The lowest BCUT2D eigenvalue weighted by molar-refractivity contribution is 0.174. The SMILES string of the molecule is Cc1ccc([C@]23CCC[C@@H](C)[C@@H]2CC=C3[Si](C)(C)Cc2ccccc2)cc1. The van der Waals surface area contributed by atoms with E-state index in [9.17, 15) is 0 Å². The van der Waals surface area contributed by atoms with Gasteiger partial charge < -0.3 is 0 Å². The molecule has 0 spiro atoms. The highest BCUT2D eigenvalue weighted by atomic mass is 28.3. The van der Waals surface area contributed by atoms with Crippen LogP contribution in [-0.4, -0.2) is 8.07 Å². The van der Waals surface area contributed by atoms with Crippen LogP contribution in [0.15, 0.2) is 65.9 Å². The minimum atomic E-state index is -1.56. The first-order valence-corrected chi connectivity index (χ1v) is 14.0. The summed E-state index contributed by atoms with van der Waals surface area (Å²) >= 11 is 0. The zero-order valence-corrected chi connectivity index (χ0v) is 18.5. The third-order valence-corrected chi connectivity index (χ3v) is 10.8. The molecule has 142 valence electrons. The minimum absolute atomic E-state index is 0.301. The van der Waals surface area contributed by atoms with Gasteiger partial charge in [0.25, 0.3) is 0 Å². The van der Waals surface area contributed by atoms with Gasteiger partial charge in [0.15, 0.2) is 0 Å². The van der Waals surface area contributed by atoms with E-state index in [1.165, 1.54) is 42.9 Å². The van der Waals surface area contributed by atoms with Gasteiger partial charge in [-0.2, -0.15) is 0 Å². The number of fused-ring (bicyclic) bond motifs is 1. The van der Waals surface area contributed by atoms with Gasteiger partial charge in [-0.1, -0.05) is 110 Å². The maximum absolute atomic E-state index is 2.70. The van der Waals surface area contributed by atoms with Crippen molar-refractivity contribution < 1.29 is 0 Å². The highest BCUT2D eigenvalue weighted by molar-refractivity contribution is 6.84. The molecule has 0 heterocycles. The van der Waals surface area contributed by atoms with Gasteiger partial charge in [-0.25, -0.2) is 0 Å². The van der Waals surface area contributed by atoms with Gasteiger partial charge in [-0.3, -0.25) is 0 Å². The third-order valence-electron chi connectivity index (χ3n) is 7.39. The van der Waals surface area contributed by atoms with Gasteiger partial charge in [0.05, 0.1) is 8.07 Å². The van der Waals surface area contributed by atoms with E-state index in [2.05, 4.69) is 87.6 Å². The van der Waals surface area contributed by atoms with E-state index in [1.54, 1.807) is 5.56 Å². The standard InChI is InChI=1S/C26H34Si/c1-20-12-14-23(15-13-20)26-18-8-9-21(2)24(26)16-17-25(26)27(3,4)19-22-10-6-5-7-11-22/h5-7,10-15,17,21,24H,8-9,16,18-19H2,1-4H3/t21-,24+,26-/m1/s1. The Morgan fingerprint density at radius 1 is 1.00 bits per heavy atom. The van der Waals surface area contributed by atoms with E-state index in [0.717, 1.165) is 11.8 Å². The predicted octanol–water partition coefficient (Wildman–Crippen LogP) is 7.03. The molecule has 2 aliphatic carbocycles. The number of rotatable bonds is 4. The summed E-state index contributed by atoms with van der Waals surface area (Å²) in [5.41, 5.74) is 4.79. The summed E-state index contributed by atoms with van der Waals surface area (Å²) in [7, 11) is -1.56. The van der Waals surface area contributed by atoms with Crippen molar-refractivity contribution in [2.45, 2.75) is 64.1 Å². The van der Waals surface area contributed by atoms with Crippen LogP contribution in [0, 0.1) is 18.8 Å². The zero-order chi connectivity index (χ0) is 19.1. The first-order valence-electron chi connectivity index (χ1n) is 10.8. The highest BCUT2D eigenvalue weighted by Crippen LogP contribution is 2.58. The monoisotopic (exact) mass is 374 g/mol. The van der Waals surface area contributed by atoms with Gasteiger partial charge >= 0.3 is 0 Å². The topological polar surface area (TPSA) is 0 Å². The zero-order valence-electron chi connectivity index (χ0n) is 17.5. The molecule has 0 bridgehead atoms. The van der Waals surface area contributed by atoms with E-state index in [4.69, 9.17) is 0 Å². The second kappa shape index (κ2) is 7.09. The molecule has 3 atom stereocenters. The summed E-state index contributed by atoms with van der Waals surface area (Å²) in [6.45, 7) is 9.95. The van der Waals surface area contributed by atoms with Crippen molar-refractivity contribution in [1.82, 2.24) is 0 Å². The number of hydrogen-bond acceptors (Lipinski definition) is 0. The Morgan fingerprint density at radius 2 is 1.70 bits per heavy atom. The average Bonchev–Trinajstić information content (AvgIpc) is 3.06. The Bertz CT molecular complexity index is 815. The van der Waals surface area contributed by atoms with Gasteiger partial charge in [-0.05, 0) is 43.2 Å². The molecule has 0 N–H and O–H groups in total. The number of benzene rings is 2. The van der Waals surface area contributed by atoms with Crippen molar-refractivity contribution in [2.24, 2.45) is 11.8 Å². The minimum Gasteiger partial charge on any atom is -0.0879 e. The van der Waals surface area contributed by atoms with E-state index < -0.39 is 8.07 Å². The number of aryl methyl sites for hydroxylation is 1. The van der Waals surface area contributed by atoms with Crippen LogP contribution < -0.4 is 0 Å². The lowest BCUT2D eigenvalue weighted by Crippen LogP contribution is -2.48. The Kier molecular flexibility index (Phi) is 4.92. The number of allylic oxidation sites excluding steroid dienone is 2. The fourth-order valence-corrected chi connectivity index (χ4v) is 10.00. The Balaban J connectivity index is 1.77. The summed E-state index contributed by atoms with van der Waals surface area (Å²) in [5, 5.41) is 1.85. The molecule has 1 saturated carbocycles. The molecule has 0 radical (unpaired) electrons. The van der Waals surface area contributed by atoms with E-state index >= 15 is 0 Å². The van der Waals surface area contributed by atoms with Crippen LogP contribution in [0.4, 0.5) is 0 Å². The summed E-state index contributed by atoms with van der Waals surface area (Å²) < 4.78 is 0. The summed E-state index contributed by atoms with van der Waals surface area (Å²) in [6.07, 6.45) is 8.11. The van der Waals surface area contributed by atoms with Gasteiger partial charge in [0, 0.05) is 5.41 Å². The predicted molar refractivity (Wildman–Crippen MR) is 120 cm³/mol. The van der Waals surface area contributed by atoms with Crippen molar-refractivity contribution >= 4 is 8.07 Å². The van der Waals surface area contributed by atoms with Crippen molar-refractivity contribution in [3.8, 4) is 0 Å². The van der Waals surface area contributed by atoms with E-state index in [-0.39, 0.29) is 0 Å². The molecule has 2 aromatic carbocycles. The van der Waals surface area contributed by atoms with Gasteiger partial charge in [0.1, 0.15) is 0 Å². The van der Waals surface area contributed by atoms with Crippen LogP contribution >= 0.6 is 0 Å². The number of hydrogen-bond donors (Lipinski definition) is 0. The Hall–Kier alpha value is -1.60. The fraction of sp³-hybridized carbons (Fsp3) is 0.462. The van der Waals surface area contributed by atoms with Crippen LogP contribution in [-0.2, 0) is 11.5 Å². The molecule has 1 heteroatoms. The summed E-state index contributed by atoms with van der Waals surface area (Å²) in [5.74, 6) is 1.63. The van der Waals surface area contributed by atoms with Crippen molar-refractivity contribution in [2.75, 3.05) is 0 Å². The van der Waals surface area contributed by atoms with Crippen molar-refractivity contribution in [1.29, 1.82) is 0 Å². The lowest BCUT2D eigenvalue weighted by Gasteiger charge is -2.49. The van der Waals surface area contributed by atoms with Crippen LogP contribution in [0.2, 0.25) is 13.1 Å². The van der Waals surface area contributed by atoms with Crippen molar-refractivity contribution in [3.05, 3.63) is 82.6 Å². The normalized spacial score (nSPS) is 27.9. The highest BCUT2D eigenvalue weighted by Gasteiger charge is 2.53. The molecular weight excluding hydrogens is 340 g/mol. The van der Waals surface area contributed by atoms with Crippen LogP contribution in [0.3, 0.4) is 0 Å². The van der Waals surface area contributed by atoms with Gasteiger partial charge in [0.2, 0.25) is 0 Å². The maximum Gasteiger partial charge on any atom is 0.0805 e. The van der Waals surface area contributed by atoms with Crippen molar-refractivity contribution in [3.63, 3.8) is 0 Å². The molecule has 0 unspecified atom stereocenters. The second-order valence-electron chi connectivity index (χ2n) is 9.71. The molecule has 0 amide bonds. The maximum atomic E-state index is 2.70. The van der Waals surface area contributed by atoms with Crippen LogP contribution in [0.1, 0.15) is 49.3 Å². The average molecular weight is 375 g/mol. The molecule has 27 heavy (non-hydrogen) atoms. The molecule has 4 rings (SSSR count). The molecule has 2 aromatic rings. The Labute approximate surface area is 166 Å². The molecule has 1 fully saturated rings. The third kappa shape index (κ3) is 3.25. The van der Waals surface area contributed by atoms with Crippen LogP contribution in [0.5, 0.6) is 0 Å². The van der Waals surface area contributed by atoms with Gasteiger partial charge in [-0.15, -0.1) is 0 Å². The largest absolute Gasteiger partial charge is 0.0879 e. The summed E-state index contributed by atoms with van der Waals surface area (Å²) in [6, 6.07) is 22.0. The first kappa shape index (κ1) is 18.7. The van der Waals surface area contributed by atoms with E-state index in [0.29, 0.717) is 5.41 Å². The molecule has 0 nitrogen and oxygen atoms in total. The molecule has 2 aliphatic rings. The first-order chi connectivity index (χ1) is 12.9. The molecule has 0 aromatic heterocycles. The second-order valence-corrected chi connectivity index (χ2v) is 14.4. The Morgan fingerprint density at radius 3 is 2.41 bits per heavy atom. The van der Waals surface area contributed by atoms with E-state index in [1.807, 2.05) is 5.20 Å². The molecule has 0 aliphatic heterocycles.